The summed E-state index contributed by atoms with van der Waals surface area (Å²) in [6.07, 6.45) is 2.84. The van der Waals surface area contributed by atoms with Gasteiger partial charge in [-0.1, -0.05) is 36.4 Å². The molecule has 0 N–H and O–H groups in total. The van der Waals surface area contributed by atoms with E-state index in [0.717, 1.165) is 6.08 Å². The van der Waals surface area contributed by atoms with Crippen molar-refractivity contribution in [1.82, 2.24) is 0 Å². The van der Waals surface area contributed by atoms with Crippen molar-refractivity contribution in [2.75, 3.05) is 6.61 Å². The van der Waals surface area contributed by atoms with Crippen LogP contribution in [0.2, 0.25) is 0 Å². The second-order valence-corrected chi connectivity index (χ2v) is 5.87. The highest BCUT2D eigenvalue weighted by atomic mass is 19.2. The van der Waals surface area contributed by atoms with Gasteiger partial charge in [0.05, 0.1) is 12.3 Å². The van der Waals surface area contributed by atoms with Gasteiger partial charge in [-0.2, -0.15) is 0 Å². The van der Waals surface area contributed by atoms with Crippen LogP contribution in [0, 0.1) is 29.1 Å². The minimum atomic E-state index is -2.36. The Morgan fingerprint density at radius 3 is 2.07 bits per heavy atom. The number of rotatable bonds is 7. The van der Waals surface area contributed by atoms with E-state index in [2.05, 4.69) is 4.99 Å². The molecule has 2 aromatic rings. The molecule has 0 aliphatic rings. The molecule has 0 aliphatic heterocycles. The Bertz CT molecular complexity index is 974. The van der Waals surface area contributed by atoms with Crippen LogP contribution in [-0.4, -0.2) is 24.2 Å². The number of esters is 1. The predicted molar refractivity (Wildman–Crippen MR) is 98.5 cm³/mol. The number of carbonyl (C=O) groups excluding carboxylic acids is 2. The van der Waals surface area contributed by atoms with Gasteiger partial charge in [0, 0.05) is 6.08 Å². The molecule has 4 nitrogen and oxygen atoms in total. The number of nitrogens with zero attached hydrogens (tertiary/aromatic N) is 1. The Labute approximate surface area is 168 Å². The minimum Gasteiger partial charge on any atom is -0.463 e. The van der Waals surface area contributed by atoms with Crippen molar-refractivity contribution in [3.05, 3.63) is 82.7 Å². The lowest BCUT2D eigenvalue weighted by molar-refractivity contribution is -0.137. The first-order valence-corrected chi connectivity index (χ1v) is 8.79. The first-order valence-electron chi connectivity index (χ1n) is 8.79. The molecule has 2 rings (SSSR count). The first-order chi connectivity index (χ1) is 14.3. The molecular formula is C21H16F5NO3. The number of hydrogen-bond donors (Lipinski definition) is 0. The molecule has 30 heavy (non-hydrogen) atoms. The van der Waals surface area contributed by atoms with E-state index in [9.17, 15) is 31.5 Å². The number of allylic oxidation sites excluding steroid dienone is 1. The van der Waals surface area contributed by atoms with Gasteiger partial charge >= 0.3 is 5.97 Å². The average Bonchev–Trinajstić information content (AvgIpc) is 2.74. The number of ether oxygens (including phenoxy) is 1. The topological polar surface area (TPSA) is 55.7 Å². The van der Waals surface area contributed by atoms with E-state index in [1.807, 2.05) is 0 Å². The molecule has 0 aromatic heterocycles. The Kier molecular flexibility index (Phi) is 7.97. The van der Waals surface area contributed by atoms with E-state index in [-0.39, 0.29) is 25.2 Å². The summed E-state index contributed by atoms with van der Waals surface area (Å²) in [7, 11) is 0. The highest BCUT2D eigenvalue weighted by Gasteiger charge is 2.29. The van der Waals surface area contributed by atoms with Crippen LogP contribution in [0.1, 0.15) is 35.7 Å². The quantitative estimate of drug-likeness (QED) is 0.158. The molecular weight excluding hydrogens is 409 g/mol. The zero-order valence-electron chi connectivity index (χ0n) is 15.7. The first kappa shape index (κ1) is 22.9. The summed E-state index contributed by atoms with van der Waals surface area (Å²) < 4.78 is 72.5. The van der Waals surface area contributed by atoms with Crippen LogP contribution >= 0.6 is 0 Å². The maximum Gasteiger partial charge on any atom is 0.330 e. The van der Waals surface area contributed by atoms with Crippen LogP contribution in [0.15, 0.2) is 47.5 Å². The van der Waals surface area contributed by atoms with Gasteiger partial charge < -0.3 is 4.74 Å². The molecule has 0 spiro atoms. The van der Waals surface area contributed by atoms with Crippen molar-refractivity contribution >= 4 is 17.6 Å². The normalized spacial score (nSPS) is 11.7. The second-order valence-electron chi connectivity index (χ2n) is 5.87. The molecule has 0 aliphatic carbocycles. The summed E-state index contributed by atoms with van der Waals surface area (Å²) in [5, 5.41) is 0. The second kappa shape index (κ2) is 10.4. The highest BCUT2D eigenvalue weighted by molar-refractivity contribution is 6.10. The lowest BCUT2D eigenvalue weighted by Gasteiger charge is -2.08. The molecule has 0 saturated carbocycles. The molecule has 0 fully saturated rings. The van der Waals surface area contributed by atoms with Gasteiger partial charge in [0.1, 0.15) is 5.56 Å². The number of aliphatic imine (C=N–C) groups is 1. The number of benzene rings is 2. The highest BCUT2D eigenvalue weighted by Crippen LogP contribution is 2.24. The molecule has 0 saturated heterocycles. The van der Waals surface area contributed by atoms with E-state index in [1.165, 1.54) is 6.08 Å². The number of carbonyl (C=O) groups is 2. The Balaban J connectivity index is 2.38. The van der Waals surface area contributed by atoms with E-state index < -0.39 is 46.5 Å². The standard InChI is InChI=1S/C21H16F5NO3/c1-2-30-14(28)11-7-6-10-13(12-8-4-3-5-9-12)27-21(29)15-16(22)18(24)20(26)19(25)17(15)23/h3-5,7-9,11H,2,6,10H2,1H3/b11-7+,27-13?. The van der Waals surface area contributed by atoms with Gasteiger partial charge in [0.25, 0.3) is 5.91 Å². The maximum atomic E-state index is 13.9. The Morgan fingerprint density at radius 1 is 0.933 bits per heavy atom. The molecule has 158 valence electrons. The summed E-state index contributed by atoms with van der Waals surface area (Å²) >= 11 is 0. The maximum absolute atomic E-state index is 13.9. The third-order valence-corrected chi connectivity index (χ3v) is 3.86. The van der Waals surface area contributed by atoms with E-state index in [0.29, 0.717) is 5.56 Å². The van der Waals surface area contributed by atoms with Crippen LogP contribution in [0.4, 0.5) is 22.0 Å². The van der Waals surface area contributed by atoms with Crippen molar-refractivity contribution in [2.45, 2.75) is 19.8 Å². The molecule has 1 amide bonds. The number of amides is 1. The fraction of sp³-hybridized carbons (Fsp3) is 0.190. The lowest BCUT2D eigenvalue weighted by atomic mass is 10.0. The Morgan fingerprint density at radius 2 is 1.50 bits per heavy atom. The zero-order valence-corrected chi connectivity index (χ0v) is 15.7. The molecule has 2 aromatic carbocycles. The van der Waals surface area contributed by atoms with Crippen LogP contribution in [-0.2, 0) is 9.53 Å². The van der Waals surface area contributed by atoms with E-state index >= 15 is 0 Å². The molecule has 0 heterocycles. The van der Waals surface area contributed by atoms with Gasteiger partial charge in [-0.25, -0.2) is 31.7 Å². The number of hydrogen-bond acceptors (Lipinski definition) is 3. The van der Waals surface area contributed by atoms with Crippen LogP contribution in [0.3, 0.4) is 0 Å². The van der Waals surface area contributed by atoms with Crippen molar-refractivity contribution < 1.29 is 36.3 Å². The van der Waals surface area contributed by atoms with Crippen molar-refractivity contribution in [1.29, 1.82) is 0 Å². The van der Waals surface area contributed by atoms with Crippen LogP contribution < -0.4 is 0 Å². The van der Waals surface area contributed by atoms with Gasteiger partial charge in [-0.05, 0) is 25.3 Å². The smallest absolute Gasteiger partial charge is 0.330 e. The third kappa shape index (κ3) is 5.37. The van der Waals surface area contributed by atoms with E-state index in [1.54, 1.807) is 37.3 Å². The van der Waals surface area contributed by atoms with Gasteiger partial charge in [0.2, 0.25) is 5.82 Å². The Hall–Kier alpha value is -3.36. The fourth-order valence-corrected chi connectivity index (χ4v) is 2.46. The number of halogens is 5. The molecule has 0 radical (unpaired) electrons. The fourth-order valence-electron chi connectivity index (χ4n) is 2.46. The van der Waals surface area contributed by atoms with Gasteiger partial charge in [-0.15, -0.1) is 0 Å². The monoisotopic (exact) mass is 425 g/mol. The summed E-state index contributed by atoms with van der Waals surface area (Å²) in [5.74, 6) is -13.5. The summed E-state index contributed by atoms with van der Waals surface area (Å²) in [4.78, 5) is 27.2. The lowest BCUT2D eigenvalue weighted by Crippen LogP contribution is -2.13. The van der Waals surface area contributed by atoms with Crippen LogP contribution in [0.25, 0.3) is 0 Å². The van der Waals surface area contributed by atoms with Gasteiger partial charge in [-0.3, -0.25) is 4.79 Å². The van der Waals surface area contributed by atoms with Gasteiger partial charge in [0.15, 0.2) is 23.3 Å². The van der Waals surface area contributed by atoms with Crippen molar-refractivity contribution in [2.24, 2.45) is 4.99 Å². The molecule has 0 atom stereocenters. The summed E-state index contributed by atoms with van der Waals surface area (Å²) in [6, 6.07) is 8.01. The molecule has 0 unspecified atom stereocenters. The SMILES string of the molecule is CCOC(=O)/C=C/CCC(=NC(=O)c1c(F)c(F)c(F)c(F)c1F)c1ccccc1. The largest absolute Gasteiger partial charge is 0.463 e. The van der Waals surface area contributed by atoms with Crippen molar-refractivity contribution in [3.8, 4) is 0 Å². The zero-order chi connectivity index (χ0) is 22.3. The summed E-state index contributed by atoms with van der Waals surface area (Å²) in [6.45, 7) is 1.83. The van der Waals surface area contributed by atoms with Crippen LogP contribution in [0.5, 0.6) is 0 Å². The molecule has 0 bridgehead atoms. The van der Waals surface area contributed by atoms with E-state index in [4.69, 9.17) is 4.74 Å². The average molecular weight is 425 g/mol. The van der Waals surface area contributed by atoms with Crippen molar-refractivity contribution in [3.63, 3.8) is 0 Å². The predicted octanol–water partition coefficient (Wildman–Crippen LogP) is 4.91. The third-order valence-electron chi connectivity index (χ3n) is 3.86. The minimum absolute atomic E-state index is 0.0399. The molecule has 9 heteroatoms. The summed E-state index contributed by atoms with van der Waals surface area (Å²) in [5.41, 5.74) is -1.20.